The number of hydrogen-bond donors (Lipinski definition) is 1. The summed E-state index contributed by atoms with van der Waals surface area (Å²) in [7, 11) is 0. The number of rotatable bonds is 8. The third kappa shape index (κ3) is 4.66. The molecule has 0 aliphatic carbocycles. The van der Waals surface area contributed by atoms with Crippen LogP contribution in [0, 0.1) is 0 Å². The second kappa shape index (κ2) is 7.28. The smallest absolute Gasteiger partial charge is 0.157 e. The van der Waals surface area contributed by atoms with Gasteiger partial charge in [0.05, 0.1) is 12.4 Å². The first kappa shape index (κ1) is 13.0. The van der Waals surface area contributed by atoms with E-state index >= 15 is 0 Å². The molecule has 4 heteroatoms. The topological polar surface area (TPSA) is 39.1 Å². The number of nitrogens with one attached hydrogen (secondary N) is 1. The molecule has 0 radical (unpaired) electrons. The zero-order valence-electron chi connectivity index (χ0n) is 10.6. The van der Waals surface area contributed by atoms with Crippen molar-refractivity contribution in [2.24, 2.45) is 0 Å². The first-order valence-electron chi connectivity index (χ1n) is 6.14. The Hall–Kier alpha value is -1.03. The molecule has 0 aromatic carbocycles. The van der Waals surface area contributed by atoms with Crippen molar-refractivity contribution in [3.05, 3.63) is 12.4 Å². The van der Waals surface area contributed by atoms with Crippen LogP contribution in [0.5, 0.6) is 5.75 Å². The van der Waals surface area contributed by atoms with E-state index in [9.17, 15) is 0 Å². The molecule has 0 spiro atoms. The minimum atomic E-state index is 0.561. The Kier molecular flexibility index (Phi) is 5.93. The predicted octanol–water partition coefficient (Wildman–Crippen LogP) is 2.06. The molecule has 4 nitrogen and oxygen atoms in total. The molecule has 92 valence electrons. The van der Waals surface area contributed by atoms with Gasteiger partial charge in [0.2, 0.25) is 0 Å². The maximum Gasteiger partial charge on any atom is 0.157 e. The maximum atomic E-state index is 5.58. The SMILES string of the molecule is CCCn1cc(OCCNC(C)CC)cn1. The molecule has 0 bridgehead atoms. The summed E-state index contributed by atoms with van der Waals surface area (Å²) in [6.45, 7) is 9.02. The van der Waals surface area contributed by atoms with Crippen molar-refractivity contribution >= 4 is 0 Å². The standard InChI is InChI=1S/C12H23N3O/c1-4-7-15-10-12(9-14-15)16-8-6-13-11(3)5-2/h9-11,13H,4-8H2,1-3H3. The van der Waals surface area contributed by atoms with E-state index in [-0.39, 0.29) is 0 Å². The van der Waals surface area contributed by atoms with Gasteiger partial charge in [-0.15, -0.1) is 0 Å². The molecule has 0 aliphatic heterocycles. The number of hydrogen-bond acceptors (Lipinski definition) is 3. The van der Waals surface area contributed by atoms with E-state index in [4.69, 9.17) is 4.74 Å². The highest BCUT2D eigenvalue weighted by Crippen LogP contribution is 2.07. The van der Waals surface area contributed by atoms with Gasteiger partial charge in [0.25, 0.3) is 0 Å². The average molecular weight is 225 g/mol. The minimum absolute atomic E-state index is 0.561. The number of nitrogens with zero attached hydrogens (tertiary/aromatic N) is 2. The van der Waals surface area contributed by atoms with Crippen molar-refractivity contribution in [2.45, 2.75) is 46.2 Å². The van der Waals surface area contributed by atoms with Gasteiger partial charge in [0.1, 0.15) is 6.61 Å². The summed E-state index contributed by atoms with van der Waals surface area (Å²) < 4.78 is 7.50. The van der Waals surface area contributed by atoms with Crippen molar-refractivity contribution in [1.82, 2.24) is 15.1 Å². The van der Waals surface area contributed by atoms with Crippen LogP contribution in [0.25, 0.3) is 0 Å². The quantitative estimate of drug-likeness (QED) is 0.688. The zero-order valence-corrected chi connectivity index (χ0v) is 10.6. The Morgan fingerprint density at radius 1 is 1.50 bits per heavy atom. The summed E-state index contributed by atoms with van der Waals surface area (Å²) in [6.07, 6.45) is 5.97. The van der Waals surface area contributed by atoms with Gasteiger partial charge in [-0.3, -0.25) is 4.68 Å². The first-order chi connectivity index (χ1) is 7.76. The number of aryl methyl sites for hydroxylation is 1. The van der Waals surface area contributed by atoms with E-state index in [2.05, 4.69) is 31.2 Å². The molecule has 16 heavy (non-hydrogen) atoms. The predicted molar refractivity (Wildman–Crippen MR) is 65.8 cm³/mol. The van der Waals surface area contributed by atoms with Crippen molar-refractivity contribution in [3.8, 4) is 5.75 Å². The lowest BCUT2D eigenvalue weighted by atomic mass is 10.3. The molecule has 1 unspecified atom stereocenters. The van der Waals surface area contributed by atoms with Crippen LogP contribution in [-0.4, -0.2) is 29.0 Å². The van der Waals surface area contributed by atoms with E-state index in [1.165, 1.54) is 0 Å². The van der Waals surface area contributed by atoms with E-state index in [1.807, 2.05) is 10.9 Å². The summed E-state index contributed by atoms with van der Waals surface area (Å²) in [5.41, 5.74) is 0. The molecule has 1 rings (SSSR count). The third-order valence-electron chi connectivity index (χ3n) is 2.54. The van der Waals surface area contributed by atoms with E-state index in [0.717, 1.165) is 31.7 Å². The van der Waals surface area contributed by atoms with Crippen LogP contribution >= 0.6 is 0 Å². The van der Waals surface area contributed by atoms with Gasteiger partial charge >= 0.3 is 0 Å². The van der Waals surface area contributed by atoms with Crippen molar-refractivity contribution in [3.63, 3.8) is 0 Å². The van der Waals surface area contributed by atoms with Crippen LogP contribution in [-0.2, 0) is 6.54 Å². The maximum absolute atomic E-state index is 5.58. The van der Waals surface area contributed by atoms with Gasteiger partial charge in [-0.25, -0.2) is 0 Å². The van der Waals surface area contributed by atoms with Crippen molar-refractivity contribution < 1.29 is 4.74 Å². The van der Waals surface area contributed by atoms with Crippen LogP contribution in [0.2, 0.25) is 0 Å². The van der Waals surface area contributed by atoms with Crippen LogP contribution < -0.4 is 10.1 Å². The van der Waals surface area contributed by atoms with Crippen LogP contribution in [0.4, 0.5) is 0 Å². The highest BCUT2D eigenvalue weighted by Gasteiger charge is 1.99. The van der Waals surface area contributed by atoms with Crippen molar-refractivity contribution in [2.75, 3.05) is 13.2 Å². The van der Waals surface area contributed by atoms with Crippen LogP contribution in [0.1, 0.15) is 33.6 Å². The Morgan fingerprint density at radius 2 is 2.31 bits per heavy atom. The fraction of sp³-hybridized carbons (Fsp3) is 0.750. The Bertz CT molecular complexity index is 286. The fourth-order valence-corrected chi connectivity index (χ4v) is 1.39. The van der Waals surface area contributed by atoms with Gasteiger partial charge in [0.15, 0.2) is 5.75 Å². The third-order valence-corrected chi connectivity index (χ3v) is 2.54. The molecule has 1 aromatic rings. The summed E-state index contributed by atoms with van der Waals surface area (Å²) in [5, 5.41) is 7.59. The molecular formula is C12H23N3O. The average Bonchev–Trinajstić information content (AvgIpc) is 2.72. The highest BCUT2D eigenvalue weighted by molar-refractivity contribution is 5.11. The molecule has 0 amide bonds. The fourth-order valence-electron chi connectivity index (χ4n) is 1.39. The number of aromatic nitrogens is 2. The van der Waals surface area contributed by atoms with E-state index in [0.29, 0.717) is 12.6 Å². The lowest BCUT2D eigenvalue weighted by Crippen LogP contribution is -2.29. The highest BCUT2D eigenvalue weighted by atomic mass is 16.5. The van der Waals surface area contributed by atoms with E-state index in [1.54, 1.807) is 6.20 Å². The summed E-state index contributed by atoms with van der Waals surface area (Å²) in [4.78, 5) is 0. The van der Waals surface area contributed by atoms with Gasteiger partial charge in [0, 0.05) is 19.1 Å². The van der Waals surface area contributed by atoms with Gasteiger partial charge < -0.3 is 10.1 Å². The second-order valence-corrected chi connectivity index (χ2v) is 4.05. The van der Waals surface area contributed by atoms with Gasteiger partial charge in [-0.05, 0) is 19.8 Å². The first-order valence-corrected chi connectivity index (χ1v) is 6.14. The number of ether oxygens (including phenoxy) is 1. The van der Waals surface area contributed by atoms with Crippen molar-refractivity contribution in [1.29, 1.82) is 0 Å². The molecule has 1 N–H and O–H groups in total. The Labute approximate surface area is 98.0 Å². The lowest BCUT2D eigenvalue weighted by molar-refractivity contribution is 0.305. The molecule has 0 fully saturated rings. The molecular weight excluding hydrogens is 202 g/mol. The van der Waals surface area contributed by atoms with Gasteiger partial charge in [-0.1, -0.05) is 13.8 Å². The second-order valence-electron chi connectivity index (χ2n) is 4.05. The summed E-state index contributed by atoms with van der Waals surface area (Å²) in [5.74, 6) is 0.861. The molecule has 1 atom stereocenters. The molecule has 0 saturated carbocycles. The normalized spacial score (nSPS) is 12.7. The molecule has 0 saturated heterocycles. The summed E-state index contributed by atoms with van der Waals surface area (Å²) in [6, 6.07) is 0.561. The Morgan fingerprint density at radius 3 is 3.00 bits per heavy atom. The monoisotopic (exact) mass is 225 g/mol. The zero-order chi connectivity index (χ0) is 11.8. The van der Waals surface area contributed by atoms with E-state index < -0.39 is 0 Å². The largest absolute Gasteiger partial charge is 0.489 e. The summed E-state index contributed by atoms with van der Waals surface area (Å²) >= 11 is 0. The lowest BCUT2D eigenvalue weighted by Gasteiger charge is -2.10. The van der Waals surface area contributed by atoms with Crippen LogP contribution in [0.15, 0.2) is 12.4 Å². The molecule has 0 aliphatic rings. The molecule has 1 aromatic heterocycles. The van der Waals surface area contributed by atoms with Gasteiger partial charge in [-0.2, -0.15) is 5.10 Å². The van der Waals surface area contributed by atoms with Crippen LogP contribution in [0.3, 0.4) is 0 Å². The minimum Gasteiger partial charge on any atom is -0.489 e. The molecule has 1 heterocycles. The Balaban J connectivity index is 2.16.